The fourth-order valence-corrected chi connectivity index (χ4v) is 13.6. The summed E-state index contributed by atoms with van der Waals surface area (Å²) in [6, 6.07) is 49.6. The maximum absolute atomic E-state index is 5.23. The third kappa shape index (κ3) is 7.49. The van der Waals surface area contributed by atoms with Crippen LogP contribution < -0.4 is 9.80 Å². The van der Waals surface area contributed by atoms with Crippen molar-refractivity contribution in [1.29, 1.82) is 0 Å². The molecule has 0 amide bonds. The Morgan fingerprint density at radius 1 is 0.355 bits per heavy atom. The van der Waals surface area contributed by atoms with E-state index in [1.807, 2.05) is 0 Å². The highest BCUT2D eigenvalue weighted by Crippen LogP contribution is 2.51. The average molecular weight is 993 g/mol. The molecule has 6 heteroatoms. The van der Waals surface area contributed by atoms with E-state index >= 15 is 0 Å². The molecule has 4 aliphatic rings. The molecule has 0 saturated heterocycles. The highest BCUT2D eigenvalue weighted by molar-refractivity contribution is 6.12. The third-order valence-electron chi connectivity index (χ3n) is 18.4. The van der Waals surface area contributed by atoms with Gasteiger partial charge in [0.2, 0.25) is 0 Å². The summed E-state index contributed by atoms with van der Waals surface area (Å²) >= 11 is 0. The van der Waals surface area contributed by atoms with Gasteiger partial charge >= 0.3 is 0 Å². The molecular formula is C70H68N6. The van der Waals surface area contributed by atoms with Crippen LogP contribution in [0.15, 0.2) is 146 Å². The molecule has 378 valence electrons. The van der Waals surface area contributed by atoms with E-state index < -0.39 is 0 Å². The van der Waals surface area contributed by atoms with Crippen molar-refractivity contribution in [3.63, 3.8) is 0 Å². The molecule has 0 unspecified atom stereocenters. The topological polar surface area (TPSA) is 42.1 Å². The molecule has 6 nitrogen and oxygen atoms in total. The third-order valence-corrected chi connectivity index (χ3v) is 18.4. The highest BCUT2D eigenvalue weighted by Gasteiger charge is 2.41. The standard InChI is InChI=1S/C70H68N6/c1-67(2)27-31-73-32-28-68(3,4)56-38-47(37-55(67)65(56)73)21-19-45-23-25-61-51(35-45)53-41-59(71-43-63(53)75(61)49-15-11-9-12-16-49)60-42-54-52-36-46(24-26-62(52)76(64(54)44-72-60)50-17-13-10-14-18-50)20-22-48-39-57-66-58(40-48)70(7,8)30-34-74(66)33-29-69(57,5)6/h9-26,35-44H,27-34H2,1-8H3/b21-19+,22-20+. The minimum Gasteiger partial charge on any atom is -0.371 e. The molecule has 76 heavy (non-hydrogen) atoms. The molecule has 0 atom stereocenters. The summed E-state index contributed by atoms with van der Waals surface area (Å²) in [4.78, 5) is 15.8. The Morgan fingerprint density at radius 3 is 1.04 bits per heavy atom. The first-order chi connectivity index (χ1) is 36.6. The zero-order valence-corrected chi connectivity index (χ0v) is 45.5. The van der Waals surface area contributed by atoms with Gasteiger partial charge in [-0.15, -0.1) is 0 Å². The van der Waals surface area contributed by atoms with Crippen molar-refractivity contribution in [2.75, 3.05) is 36.0 Å². The van der Waals surface area contributed by atoms with Crippen LogP contribution in [0.25, 0.3) is 90.7 Å². The van der Waals surface area contributed by atoms with E-state index in [0.29, 0.717) is 0 Å². The van der Waals surface area contributed by atoms with Crippen molar-refractivity contribution >= 4 is 79.3 Å². The Morgan fingerprint density at radius 2 is 0.684 bits per heavy atom. The Bertz CT molecular complexity index is 3720. The number of rotatable bonds is 7. The summed E-state index contributed by atoms with van der Waals surface area (Å²) in [5.41, 5.74) is 22.8. The monoisotopic (exact) mass is 993 g/mol. The lowest BCUT2D eigenvalue weighted by Crippen LogP contribution is -2.44. The lowest BCUT2D eigenvalue weighted by Gasteiger charge is -2.48. The van der Waals surface area contributed by atoms with E-state index in [-0.39, 0.29) is 21.7 Å². The average Bonchev–Trinajstić information content (AvgIpc) is 4.03. The van der Waals surface area contributed by atoms with Crippen LogP contribution in [0.3, 0.4) is 0 Å². The van der Waals surface area contributed by atoms with Gasteiger partial charge in [-0.1, -0.05) is 128 Å². The van der Waals surface area contributed by atoms with Gasteiger partial charge in [-0.3, -0.25) is 9.97 Å². The van der Waals surface area contributed by atoms with Crippen molar-refractivity contribution in [2.45, 2.75) is 103 Å². The van der Waals surface area contributed by atoms with Crippen LogP contribution in [0.4, 0.5) is 11.4 Å². The Balaban J connectivity index is 0.880. The summed E-state index contributed by atoms with van der Waals surface area (Å²) in [6.07, 6.45) is 18.1. The van der Waals surface area contributed by atoms with Gasteiger partial charge in [0.15, 0.2) is 0 Å². The van der Waals surface area contributed by atoms with Crippen LogP contribution in [0.5, 0.6) is 0 Å². The number of fused-ring (bicyclic) bond motifs is 6. The summed E-state index contributed by atoms with van der Waals surface area (Å²) in [6.45, 7) is 24.0. The Labute approximate surface area is 448 Å². The smallest absolute Gasteiger partial charge is 0.0894 e. The SMILES string of the molecule is CC1(C)CCN2CCC(C)(C)c3cc(/C=C/c4ccc5c(c4)c4cc(-c6cc7c8cc(/C=C/c9cc%10c%11c(c9)C(C)(C)CCN%11CCC%10(C)C)ccc8n(-c8ccccc8)c7cn6)ncc4n5-c4ccccc4)cc1c32. The molecule has 0 spiro atoms. The lowest BCUT2D eigenvalue weighted by atomic mass is 9.69. The Kier molecular flexibility index (Phi) is 10.4. The summed E-state index contributed by atoms with van der Waals surface area (Å²) in [7, 11) is 0. The van der Waals surface area contributed by atoms with Gasteiger partial charge in [0.05, 0.1) is 45.8 Å². The van der Waals surface area contributed by atoms with Gasteiger partial charge in [0, 0.05) is 70.5 Å². The maximum atomic E-state index is 5.23. The van der Waals surface area contributed by atoms with Gasteiger partial charge in [-0.2, -0.15) is 0 Å². The molecule has 6 aromatic carbocycles. The summed E-state index contributed by atoms with van der Waals surface area (Å²) in [5.74, 6) is 0. The van der Waals surface area contributed by atoms with E-state index in [1.165, 1.54) is 92.3 Å². The summed E-state index contributed by atoms with van der Waals surface area (Å²) in [5, 5.41) is 4.68. The fraction of sp³-hybridized carbons (Fsp3) is 0.286. The second kappa shape index (κ2) is 16.9. The predicted octanol–water partition coefficient (Wildman–Crippen LogP) is 17.0. The molecule has 0 radical (unpaired) electrons. The minimum absolute atomic E-state index is 0.136. The second-order valence-electron chi connectivity index (χ2n) is 25.2. The van der Waals surface area contributed by atoms with Gasteiger partial charge in [0.1, 0.15) is 0 Å². The van der Waals surface area contributed by atoms with Crippen molar-refractivity contribution in [2.24, 2.45) is 0 Å². The quantitative estimate of drug-likeness (QED) is 0.149. The fourth-order valence-electron chi connectivity index (χ4n) is 13.6. The van der Waals surface area contributed by atoms with Crippen molar-refractivity contribution in [3.8, 4) is 22.8 Å². The van der Waals surface area contributed by atoms with Gasteiger partial charge in [0.25, 0.3) is 0 Å². The molecular weight excluding hydrogens is 925 g/mol. The first-order valence-corrected chi connectivity index (χ1v) is 27.8. The highest BCUT2D eigenvalue weighted by atomic mass is 15.2. The molecule has 4 aliphatic heterocycles. The van der Waals surface area contributed by atoms with E-state index in [0.717, 1.165) is 81.8 Å². The zero-order chi connectivity index (χ0) is 51.9. The summed E-state index contributed by atoms with van der Waals surface area (Å²) < 4.78 is 4.71. The van der Waals surface area contributed by atoms with Crippen molar-refractivity contribution in [3.05, 3.63) is 190 Å². The first kappa shape index (κ1) is 46.8. The number of pyridine rings is 2. The molecule has 0 saturated carbocycles. The number of hydrogen-bond acceptors (Lipinski definition) is 4. The number of benzene rings is 6. The van der Waals surface area contributed by atoms with Crippen LogP contribution in [-0.4, -0.2) is 45.3 Å². The van der Waals surface area contributed by atoms with Crippen LogP contribution in [0, 0.1) is 0 Å². The molecule has 10 aromatic rings. The maximum Gasteiger partial charge on any atom is 0.0894 e. The predicted molar refractivity (Wildman–Crippen MR) is 322 cm³/mol. The number of anilines is 2. The normalized spacial score (nSPS) is 18.1. The van der Waals surface area contributed by atoms with E-state index in [2.05, 4.69) is 244 Å². The van der Waals surface area contributed by atoms with Crippen LogP contribution >= 0.6 is 0 Å². The molecule has 0 aliphatic carbocycles. The second-order valence-corrected chi connectivity index (χ2v) is 25.2. The molecule has 14 rings (SSSR count). The van der Waals surface area contributed by atoms with Crippen LogP contribution in [0.1, 0.15) is 126 Å². The Hall–Kier alpha value is -7.70. The van der Waals surface area contributed by atoms with Gasteiger partial charge < -0.3 is 18.9 Å². The number of para-hydroxylation sites is 2. The van der Waals surface area contributed by atoms with Crippen molar-refractivity contribution < 1.29 is 0 Å². The lowest BCUT2D eigenvalue weighted by molar-refractivity contribution is 0.401. The van der Waals surface area contributed by atoms with Crippen molar-refractivity contribution in [1.82, 2.24) is 19.1 Å². The number of aromatic nitrogens is 4. The number of nitrogens with zero attached hydrogens (tertiary/aromatic N) is 6. The number of hydrogen-bond donors (Lipinski definition) is 0. The van der Waals surface area contributed by atoms with E-state index in [9.17, 15) is 0 Å². The van der Waals surface area contributed by atoms with E-state index in [1.54, 1.807) is 0 Å². The molecule has 0 bridgehead atoms. The molecule has 4 aromatic heterocycles. The molecule has 0 fully saturated rings. The van der Waals surface area contributed by atoms with Gasteiger partial charge in [-0.05, 0) is 177 Å². The largest absolute Gasteiger partial charge is 0.371 e. The zero-order valence-electron chi connectivity index (χ0n) is 45.5. The van der Waals surface area contributed by atoms with Crippen LogP contribution in [-0.2, 0) is 21.7 Å². The molecule has 8 heterocycles. The minimum atomic E-state index is 0.136. The van der Waals surface area contributed by atoms with Crippen LogP contribution in [0.2, 0.25) is 0 Å². The van der Waals surface area contributed by atoms with E-state index in [4.69, 9.17) is 9.97 Å². The molecule has 0 N–H and O–H groups in total. The van der Waals surface area contributed by atoms with Gasteiger partial charge in [-0.25, -0.2) is 0 Å². The first-order valence-electron chi connectivity index (χ1n) is 27.8.